The van der Waals surface area contributed by atoms with Crippen molar-refractivity contribution < 1.29 is 17.9 Å². The van der Waals surface area contributed by atoms with Gasteiger partial charge in [-0.25, -0.2) is 0 Å². The lowest BCUT2D eigenvalue weighted by Crippen LogP contribution is -2.22. The minimum Gasteiger partial charge on any atom is -0.468 e. The molecule has 0 atom stereocenters. The number of aromatic nitrogens is 1. The van der Waals surface area contributed by atoms with E-state index in [1.165, 1.54) is 36.1 Å². The summed E-state index contributed by atoms with van der Waals surface area (Å²) in [6, 6.07) is 12.5. The Morgan fingerprint density at radius 3 is 2.55 bits per heavy atom. The van der Waals surface area contributed by atoms with Gasteiger partial charge >= 0.3 is 5.97 Å². The molecule has 3 rings (SSSR count). The van der Waals surface area contributed by atoms with Gasteiger partial charge in [-0.15, -0.1) is 4.40 Å². The Balaban J connectivity index is 2.15. The summed E-state index contributed by atoms with van der Waals surface area (Å²) in [6.07, 6.45) is 3.13. The zero-order chi connectivity index (χ0) is 21.0. The number of benzene rings is 2. The minimum atomic E-state index is -3.90. The van der Waals surface area contributed by atoms with Gasteiger partial charge in [0.15, 0.2) is 0 Å². The van der Waals surface area contributed by atoms with Crippen molar-refractivity contribution in [3.8, 4) is 0 Å². The molecule has 0 spiro atoms. The number of unbranched alkanes of at least 4 members (excludes halogenated alkanes) is 1. The number of rotatable bonds is 7. The first-order valence-corrected chi connectivity index (χ1v) is 11.7. The molecule has 0 amide bonds. The molecule has 0 saturated carbocycles. The van der Waals surface area contributed by atoms with Crippen LogP contribution in [-0.4, -0.2) is 26.1 Å². The van der Waals surface area contributed by atoms with E-state index in [1.54, 1.807) is 16.7 Å². The lowest BCUT2D eigenvalue weighted by Gasteiger charge is -2.05. The number of carbonyl (C=O) groups is 1. The molecule has 0 aliphatic carbocycles. The molecule has 3 aromatic rings. The number of carbonyl (C=O) groups excluding carboxylic acids is 1. The molecular formula is C21H24N2O4S2. The van der Waals surface area contributed by atoms with Gasteiger partial charge in [-0.2, -0.15) is 8.42 Å². The van der Waals surface area contributed by atoms with Crippen molar-refractivity contribution in [2.45, 2.75) is 44.6 Å². The molecule has 0 bridgehead atoms. The Labute approximate surface area is 174 Å². The van der Waals surface area contributed by atoms with Crippen LogP contribution >= 0.6 is 11.3 Å². The molecule has 2 aromatic carbocycles. The predicted molar refractivity (Wildman–Crippen MR) is 114 cm³/mol. The molecule has 154 valence electrons. The number of fused-ring (bicyclic) bond motifs is 1. The third-order valence-corrected chi connectivity index (χ3v) is 7.04. The molecule has 0 aliphatic heterocycles. The van der Waals surface area contributed by atoms with Crippen molar-refractivity contribution in [1.29, 1.82) is 0 Å². The Morgan fingerprint density at radius 2 is 1.90 bits per heavy atom. The molecule has 0 N–H and O–H groups in total. The molecule has 0 saturated heterocycles. The third kappa shape index (κ3) is 4.94. The molecule has 1 aromatic heterocycles. The van der Waals surface area contributed by atoms with E-state index in [4.69, 9.17) is 4.74 Å². The Bertz CT molecular complexity index is 1190. The number of thiazole rings is 1. The van der Waals surface area contributed by atoms with Crippen LogP contribution in [-0.2, 0) is 32.5 Å². The summed E-state index contributed by atoms with van der Waals surface area (Å²) in [4.78, 5) is 12.3. The molecular weight excluding hydrogens is 408 g/mol. The van der Waals surface area contributed by atoms with Crippen LogP contribution in [0.4, 0.5) is 0 Å². The number of nitrogens with zero attached hydrogens (tertiary/aromatic N) is 2. The fourth-order valence-corrected chi connectivity index (χ4v) is 5.23. The van der Waals surface area contributed by atoms with Gasteiger partial charge in [-0.05, 0) is 49.6 Å². The monoisotopic (exact) mass is 432 g/mol. The van der Waals surface area contributed by atoms with Gasteiger partial charge in [0.05, 0.1) is 22.2 Å². The summed E-state index contributed by atoms with van der Waals surface area (Å²) in [5.74, 6) is -0.464. The SMILES string of the molecule is CCCCc1ccc2c(c1)s/c(=N\S(=O)(=O)c1ccc(C)cc1)n2CC(=O)OC. The first-order valence-electron chi connectivity index (χ1n) is 9.41. The third-order valence-electron chi connectivity index (χ3n) is 4.60. The van der Waals surface area contributed by atoms with Crippen molar-refractivity contribution in [1.82, 2.24) is 4.57 Å². The quantitative estimate of drug-likeness (QED) is 0.532. The van der Waals surface area contributed by atoms with Crippen molar-refractivity contribution >= 4 is 37.5 Å². The number of methoxy groups -OCH3 is 1. The zero-order valence-corrected chi connectivity index (χ0v) is 18.3. The van der Waals surface area contributed by atoms with Gasteiger partial charge in [0.1, 0.15) is 6.54 Å². The lowest BCUT2D eigenvalue weighted by molar-refractivity contribution is -0.141. The number of ether oxygens (including phenoxy) is 1. The van der Waals surface area contributed by atoms with E-state index in [2.05, 4.69) is 11.3 Å². The number of aryl methyl sites for hydroxylation is 2. The lowest BCUT2D eigenvalue weighted by atomic mass is 10.1. The zero-order valence-electron chi connectivity index (χ0n) is 16.7. The van der Waals surface area contributed by atoms with Gasteiger partial charge in [0.25, 0.3) is 10.0 Å². The predicted octanol–water partition coefficient (Wildman–Crippen LogP) is 3.82. The Morgan fingerprint density at radius 1 is 1.17 bits per heavy atom. The van der Waals surface area contributed by atoms with Gasteiger partial charge in [-0.3, -0.25) is 4.79 Å². The number of sulfonamides is 1. The highest BCUT2D eigenvalue weighted by Gasteiger charge is 2.16. The van der Waals surface area contributed by atoms with Crippen LogP contribution in [0.15, 0.2) is 51.8 Å². The maximum atomic E-state index is 12.8. The molecule has 0 radical (unpaired) electrons. The molecule has 0 unspecified atom stereocenters. The van der Waals surface area contributed by atoms with Crippen molar-refractivity contribution in [2.75, 3.05) is 7.11 Å². The average Bonchev–Trinajstić information content (AvgIpc) is 3.02. The molecule has 8 heteroatoms. The van der Waals surface area contributed by atoms with E-state index in [1.807, 2.05) is 25.1 Å². The van der Waals surface area contributed by atoms with Crippen LogP contribution in [0, 0.1) is 6.92 Å². The van der Waals surface area contributed by atoms with Crippen LogP contribution in [0.5, 0.6) is 0 Å². The summed E-state index contributed by atoms with van der Waals surface area (Å²) >= 11 is 1.26. The fourth-order valence-electron chi connectivity index (χ4n) is 2.94. The fraction of sp³-hybridized carbons (Fsp3) is 0.333. The van der Waals surface area contributed by atoms with Crippen molar-refractivity contribution in [3.05, 3.63) is 58.4 Å². The number of esters is 1. The van der Waals surface area contributed by atoms with Crippen molar-refractivity contribution in [3.63, 3.8) is 0 Å². The second-order valence-electron chi connectivity index (χ2n) is 6.83. The number of hydrogen-bond donors (Lipinski definition) is 0. The first-order chi connectivity index (χ1) is 13.8. The molecule has 6 nitrogen and oxygen atoms in total. The van der Waals surface area contributed by atoms with Gasteiger partial charge < -0.3 is 9.30 Å². The average molecular weight is 433 g/mol. The van der Waals surface area contributed by atoms with Crippen LogP contribution in [0.1, 0.15) is 30.9 Å². The standard InChI is InChI=1S/C21H24N2O4S2/c1-4-5-6-16-9-12-18-19(13-16)28-21(23(18)14-20(24)27-3)22-29(25,26)17-10-7-15(2)8-11-17/h7-13H,4-6,14H2,1-3H3/b22-21-. The van der Waals surface area contributed by atoms with Crippen LogP contribution in [0.25, 0.3) is 10.2 Å². The van der Waals surface area contributed by atoms with Crippen molar-refractivity contribution in [2.24, 2.45) is 4.40 Å². The molecule has 1 heterocycles. The second kappa shape index (κ2) is 8.92. The molecule has 0 fully saturated rings. The van der Waals surface area contributed by atoms with E-state index >= 15 is 0 Å². The Kier molecular flexibility index (Phi) is 6.54. The Hall–Kier alpha value is -2.45. The van der Waals surface area contributed by atoms with Crippen LogP contribution in [0.3, 0.4) is 0 Å². The summed E-state index contributed by atoms with van der Waals surface area (Å²) in [5.41, 5.74) is 2.91. The topological polar surface area (TPSA) is 77.7 Å². The number of hydrogen-bond acceptors (Lipinski definition) is 5. The summed E-state index contributed by atoms with van der Waals surface area (Å²) in [5, 5.41) is 0. The highest BCUT2D eigenvalue weighted by atomic mass is 32.2. The van der Waals surface area contributed by atoms with E-state index in [0.29, 0.717) is 0 Å². The smallest absolute Gasteiger partial charge is 0.325 e. The first kappa shape index (κ1) is 21.3. The molecule has 29 heavy (non-hydrogen) atoms. The highest BCUT2D eigenvalue weighted by molar-refractivity contribution is 7.90. The summed E-state index contributed by atoms with van der Waals surface area (Å²) in [6.45, 7) is 3.92. The van der Waals surface area contributed by atoms with Gasteiger partial charge in [0, 0.05) is 0 Å². The van der Waals surface area contributed by atoms with E-state index in [-0.39, 0.29) is 16.2 Å². The normalized spacial score (nSPS) is 12.4. The second-order valence-corrected chi connectivity index (χ2v) is 9.45. The van der Waals surface area contributed by atoms with Crippen LogP contribution in [0.2, 0.25) is 0 Å². The van der Waals surface area contributed by atoms with Gasteiger partial charge in [-0.1, -0.05) is 48.4 Å². The van der Waals surface area contributed by atoms with E-state index in [9.17, 15) is 13.2 Å². The van der Waals surface area contributed by atoms with E-state index < -0.39 is 16.0 Å². The van der Waals surface area contributed by atoms with Gasteiger partial charge in [0.2, 0.25) is 4.80 Å². The summed E-state index contributed by atoms with van der Waals surface area (Å²) in [7, 11) is -2.60. The maximum Gasteiger partial charge on any atom is 0.325 e. The maximum absolute atomic E-state index is 12.8. The summed E-state index contributed by atoms with van der Waals surface area (Å²) < 4.78 is 37.0. The van der Waals surface area contributed by atoms with Crippen LogP contribution < -0.4 is 4.80 Å². The largest absolute Gasteiger partial charge is 0.468 e. The van der Waals surface area contributed by atoms with E-state index in [0.717, 1.165) is 35.0 Å². The molecule has 0 aliphatic rings. The highest BCUT2D eigenvalue weighted by Crippen LogP contribution is 2.21. The minimum absolute atomic E-state index is 0.104.